The van der Waals surface area contributed by atoms with Gasteiger partial charge in [-0.15, -0.1) is 11.3 Å². The minimum absolute atomic E-state index is 0.192. The third-order valence-corrected chi connectivity index (χ3v) is 6.02. The molecular formula is C18H12Cl2F2N2OS. The Hall–Kier alpha value is -1.76. The van der Waals surface area contributed by atoms with Crippen molar-refractivity contribution in [3.8, 4) is 0 Å². The highest BCUT2D eigenvalue weighted by molar-refractivity contribution is 7.21. The lowest BCUT2D eigenvalue weighted by Crippen LogP contribution is -2.03. The van der Waals surface area contributed by atoms with Crippen LogP contribution in [0, 0.1) is 0 Å². The molecule has 1 aromatic carbocycles. The van der Waals surface area contributed by atoms with Gasteiger partial charge >= 0.3 is 0 Å². The highest BCUT2D eigenvalue weighted by Gasteiger charge is 2.31. The van der Waals surface area contributed by atoms with Crippen molar-refractivity contribution < 1.29 is 13.6 Å². The van der Waals surface area contributed by atoms with Crippen LogP contribution in [-0.4, -0.2) is 10.8 Å². The maximum atomic E-state index is 13.2. The molecule has 8 heteroatoms. The van der Waals surface area contributed by atoms with Crippen LogP contribution in [0.25, 0.3) is 10.2 Å². The molecule has 0 bridgehead atoms. The van der Waals surface area contributed by atoms with E-state index < -0.39 is 6.43 Å². The summed E-state index contributed by atoms with van der Waals surface area (Å²) in [5.74, 6) is -0.176. The molecule has 0 spiro atoms. The Kier molecular flexibility index (Phi) is 4.37. The summed E-state index contributed by atoms with van der Waals surface area (Å²) in [6, 6.07) is 5.98. The van der Waals surface area contributed by atoms with Gasteiger partial charge in [-0.1, -0.05) is 23.2 Å². The number of hydrogen-bond acceptors (Lipinski definition) is 4. The molecule has 1 aliphatic carbocycles. The van der Waals surface area contributed by atoms with Crippen molar-refractivity contribution in [1.29, 1.82) is 0 Å². The fourth-order valence-corrected chi connectivity index (χ4v) is 4.55. The molecule has 0 amide bonds. The Labute approximate surface area is 161 Å². The Bertz CT molecular complexity index is 1050. The summed E-state index contributed by atoms with van der Waals surface area (Å²) in [6.07, 6.45) is -0.836. The molecular weight excluding hydrogens is 401 g/mol. The van der Waals surface area contributed by atoms with Crippen LogP contribution in [0.1, 0.15) is 51.7 Å². The first kappa shape index (κ1) is 17.6. The molecule has 0 atom stereocenters. The summed E-state index contributed by atoms with van der Waals surface area (Å²) >= 11 is 13.0. The van der Waals surface area contributed by atoms with Gasteiger partial charge in [-0.3, -0.25) is 4.79 Å². The lowest BCUT2D eigenvalue weighted by atomic mass is 10.0. The van der Waals surface area contributed by atoms with Gasteiger partial charge in [0.05, 0.1) is 10.7 Å². The van der Waals surface area contributed by atoms with Gasteiger partial charge < -0.3 is 5.73 Å². The first-order valence-electron chi connectivity index (χ1n) is 7.87. The second-order valence-corrected chi connectivity index (χ2v) is 8.03. The van der Waals surface area contributed by atoms with Gasteiger partial charge in [0.1, 0.15) is 15.4 Å². The molecule has 0 saturated heterocycles. The number of carbonyl (C=O) groups is 1. The van der Waals surface area contributed by atoms with E-state index in [-0.39, 0.29) is 38.5 Å². The van der Waals surface area contributed by atoms with Crippen molar-refractivity contribution in [2.24, 2.45) is 0 Å². The number of nitrogen functional groups attached to an aromatic ring is 1. The highest BCUT2D eigenvalue weighted by Crippen LogP contribution is 2.48. The maximum Gasteiger partial charge on any atom is 0.280 e. The van der Waals surface area contributed by atoms with Gasteiger partial charge in [0.2, 0.25) is 5.78 Å². The first-order chi connectivity index (χ1) is 12.4. The standard InChI is InChI=1S/C18H12Cl2F2N2OS/c19-8-3-4-9(11(20)5-8)15(25)16-14(23)13-10(7-1-2-7)6-12(17(21)22)24-18(13)26-16/h3-7,17H,1-2,23H2. The number of benzene rings is 1. The molecule has 1 saturated carbocycles. The molecule has 0 aliphatic heterocycles. The van der Waals surface area contributed by atoms with Gasteiger partial charge in [0, 0.05) is 16.0 Å². The van der Waals surface area contributed by atoms with E-state index in [1.807, 2.05) is 0 Å². The molecule has 0 radical (unpaired) electrons. The number of hydrogen-bond donors (Lipinski definition) is 1. The van der Waals surface area contributed by atoms with Crippen molar-refractivity contribution >= 4 is 56.2 Å². The zero-order valence-electron chi connectivity index (χ0n) is 13.2. The van der Waals surface area contributed by atoms with Gasteiger partial charge in [0.15, 0.2) is 0 Å². The Morgan fingerprint density at radius 2 is 2.00 bits per heavy atom. The fourth-order valence-electron chi connectivity index (χ4n) is 2.96. The number of rotatable bonds is 4. The van der Waals surface area contributed by atoms with Crippen molar-refractivity contribution in [3.63, 3.8) is 0 Å². The third kappa shape index (κ3) is 2.96. The van der Waals surface area contributed by atoms with Crippen LogP contribution in [0.3, 0.4) is 0 Å². The quantitative estimate of drug-likeness (QED) is 0.516. The number of alkyl halides is 2. The van der Waals surface area contributed by atoms with Crippen molar-refractivity contribution in [3.05, 3.63) is 56.0 Å². The van der Waals surface area contributed by atoms with Gasteiger partial charge in [-0.25, -0.2) is 13.8 Å². The number of halogens is 4. The molecule has 4 rings (SSSR count). The fraction of sp³-hybridized carbons (Fsp3) is 0.222. The topological polar surface area (TPSA) is 56.0 Å². The summed E-state index contributed by atoms with van der Waals surface area (Å²) in [5.41, 5.74) is 7.24. The lowest BCUT2D eigenvalue weighted by molar-refractivity contribution is 0.104. The summed E-state index contributed by atoms with van der Waals surface area (Å²) in [4.78, 5) is 17.5. The number of aromatic nitrogens is 1. The number of anilines is 1. The first-order valence-corrected chi connectivity index (χ1v) is 9.44. The van der Waals surface area contributed by atoms with Crippen molar-refractivity contribution in [1.82, 2.24) is 4.98 Å². The van der Waals surface area contributed by atoms with Gasteiger partial charge in [-0.05, 0) is 48.6 Å². The summed E-state index contributed by atoms with van der Waals surface area (Å²) in [6.45, 7) is 0. The van der Waals surface area contributed by atoms with Crippen LogP contribution in [0.2, 0.25) is 10.0 Å². The maximum absolute atomic E-state index is 13.2. The highest BCUT2D eigenvalue weighted by atomic mass is 35.5. The normalized spacial score (nSPS) is 14.3. The molecule has 3 aromatic rings. The SMILES string of the molecule is Nc1c(C(=O)c2ccc(Cl)cc2Cl)sc2nc(C(F)F)cc(C3CC3)c12. The van der Waals surface area contributed by atoms with E-state index in [0.29, 0.717) is 15.2 Å². The largest absolute Gasteiger partial charge is 0.397 e. The van der Waals surface area contributed by atoms with Crippen LogP contribution < -0.4 is 5.73 Å². The minimum atomic E-state index is -2.68. The molecule has 2 N–H and O–H groups in total. The average Bonchev–Trinajstić information content (AvgIpc) is 3.37. The average molecular weight is 413 g/mol. The number of carbonyl (C=O) groups excluding carboxylic acids is 1. The predicted octanol–water partition coefficient (Wildman–Crippen LogP) is 6.23. The van der Waals surface area contributed by atoms with E-state index in [4.69, 9.17) is 28.9 Å². The van der Waals surface area contributed by atoms with Crippen LogP contribution in [0.15, 0.2) is 24.3 Å². The Morgan fingerprint density at radius 3 is 2.62 bits per heavy atom. The molecule has 2 aromatic heterocycles. The summed E-state index contributed by atoms with van der Waals surface area (Å²) in [7, 11) is 0. The zero-order chi connectivity index (χ0) is 18.6. The number of pyridine rings is 1. The summed E-state index contributed by atoms with van der Waals surface area (Å²) in [5, 5.41) is 1.23. The second kappa shape index (κ2) is 6.44. The zero-order valence-corrected chi connectivity index (χ0v) is 15.6. The molecule has 134 valence electrons. The number of thiophene rings is 1. The van der Waals surface area contributed by atoms with Gasteiger partial charge in [0.25, 0.3) is 6.43 Å². The van der Waals surface area contributed by atoms with E-state index >= 15 is 0 Å². The smallest absolute Gasteiger partial charge is 0.280 e. The molecule has 26 heavy (non-hydrogen) atoms. The number of nitrogens with two attached hydrogens (primary N) is 1. The Morgan fingerprint density at radius 1 is 1.27 bits per heavy atom. The Balaban J connectivity index is 1.90. The second-order valence-electron chi connectivity index (χ2n) is 6.19. The summed E-state index contributed by atoms with van der Waals surface area (Å²) < 4.78 is 26.4. The van der Waals surface area contributed by atoms with Crippen LogP contribution in [0.4, 0.5) is 14.5 Å². The monoisotopic (exact) mass is 412 g/mol. The number of fused-ring (bicyclic) bond motifs is 1. The predicted molar refractivity (Wildman–Crippen MR) is 101 cm³/mol. The molecule has 1 aliphatic rings. The molecule has 1 fully saturated rings. The van der Waals surface area contributed by atoms with E-state index in [0.717, 1.165) is 29.7 Å². The van der Waals surface area contributed by atoms with Crippen molar-refractivity contribution in [2.45, 2.75) is 25.2 Å². The van der Waals surface area contributed by atoms with E-state index in [1.54, 1.807) is 6.07 Å². The van der Waals surface area contributed by atoms with Crippen LogP contribution in [0.5, 0.6) is 0 Å². The molecule has 3 nitrogen and oxygen atoms in total. The van der Waals surface area contributed by atoms with E-state index in [1.165, 1.54) is 18.2 Å². The van der Waals surface area contributed by atoms with Crippen LogP contribution >= 0.6 is 34.5 Å². The van der Waals surface area contributed by atoms with E-state index in [9.17, 15) is 13.6 Å². The van der Waals surface area contributed by atoms with E-state index in [2.05, 4.69) is 4.98 Å². The van der Waals surface area contributed by atoms with Gasteiger partial charge in [-0.2, -0.15) is 0 Å². The number of nitrogens with zero attached hydrogens (tertiary/aromatic N) is 1. The minimum Gasteiger partial charge on any atom is -0.397 e. The lowest BCUT2D eigenvalue weighted by Gasteiger charge is -2.06. The van der Waals surface area contributed by atoms with Crippen molar-refractivity contribution in [2.75, 3.05) is 5.73 Å². The third-order valence-electron chi connectivity index (χ3n) is 4.37. The molecule has 2 heterocycles. The number of ketones is 1. The molecule has 0 unspecified atom stereocenters. The van der Waals surface area contributed by atoms with Crippen LogP contribution in [-0.2, 0) is 0 Å².